The summed E-state index contributed by atoms with van der Waals surface area (Å²) in [4.78, 5) is 41.3. The second-order valence-corrected chi connectivity index (χ2v) is 11.4. The van der Waals surface area contributed by atoms with E-state index in [0.29, 0.717) is 21.7 Å². The number of hydrogen-bond donors (Lipinski definition) is 1. The maximum Gasteiger partial charge on any atom is 0.339 e. The maximum atomic E-state index is 13.9. The molecule has 7 rings (SSSR count). The largest absolute Gasteiger partial charge is 0.452 e. The number of hydrogen-bond acceptors (Lipinski definition) is 8. The highest BCUT2D eigenvalue weighted by Gasteiger charge is 2.51. The Bertz CT molecular complexity index is 2020. The lowest BCUT2D eigenvalue weighted by molar-refractivity contribution is -0.275. The van der Waals surface area contributed by atoms with Crippen molar-refractivity contribution in [1.82, 2.24) is 0 Å². The first-order valence-corrected chi connectivity index (χ1v) is 15.3. The summed E-state index contributed by atoms with van der Waals surface area (Å²) in [6, 6.07) is 37.7. The number of fused-ring (bicyclic) bond motifs is 3. The molecular formula is C39H30O8. The predicted octanol–water partition coefficient (Wildman–Crippen LogP) is 6.86. The zero-order valence-electron chi connectivity index (χ0n) is 25.3. The van der Waals surface area contributed by atoms with Gasteiger partial charge in [0.05, 0.1) is 22.8 Å². The van der Waals surface area contributed by atoms with Crippen molar-refractivity contribution in [3.8, 4) is 0 Å². The molecule has 0 aliphatic carbocycles. The van der Waals surface area contributed by atoms with Crippen molar-refractivity contribution >= 4 is 50.2 Å². The maximum absolute atomic E-state index is 13.9. The predicted molar refractivity (Wildman–Crippen MR) is 176 cm³/mol. The third-order valence-corrected chi connectivity index (χ3v) is 8.50. The molecular weight excluding hydrogens is 596 g/mol. The summed E-state index contributed by atoms with van der Waals surface area (Å²) in [5, 5.41) is 15.6. The fraction of sp³-hybridized carbons (Fsp3) is 0.154. The monoisotopic (exact) mass is 626 g/mol. The molecule has 234 valence electrons. The lowest BCUT2D eigenvalue weighted by Crippen LogP contribution is -2.60. The lowest BCUT2D eigenvalue weighted by Gasteiger charge is -2.42. The Kier molecular flexibility index (Phi) is 8.12. The Labute approximate surface area is 270 Å². The molecule has 0 bridgehead atoms. The number of carbonyl (C=O) groups excluding carboxylic acids is 3. The molecule has 5 atom stereocenters. The van der Waals surface area contributed by atoms with Crippen molar-refractivity contribution in [2.45, 2.75) is 37.6 Å². The number of ether oxygens (including phenoxy) is 4. The van der Waals surface area contributed by atoms with E-state index in [1.165, 1.54) is 0 Å². The number of esters is 3. The number of carbonyl (C=O) groups is 3. The molecule has 1 aliphatic rings. The first-order chi connectivity index (χ1) is 22.9. The summed E-state index contributed by atoms with van der Waals surface area (Å²) in [5.74, 6) is -2.20. The molecule has 1 N–H and O–H groups in total. The van der Waals surface area contributed by atoms with Crippen LogP contribution in [0.15, 0.2) is 127 Å². The smallest absolute Gasteiger partial charge is 0.339 e. The van der Waals surface area contributed by atoms with Gasteiger partial charge in [-0.05, 0) is 57.4 Å². The van der Waals surface area contributed by atoms with Crippen molar-refractivity contribution in [2.75, 3.05) is 0 Å². The van der Waals surface area contributed by atoms with Crippen LogP contribution in [0.2, 0.25) is 0 Å². The van der Waals surface area contributed by atoms with E-state index in [-0.39, 0.29) is 11.1 Å². The van der Waals surface area contributed by atoms with Crippen LogP contribution in [-0.4, -0.2) is 53.7 Å². The molecule has 0 spiro atoms. The van der Waals surface area contributed by atoms with Gasteiger partial charge in [-0.25, -0.2) is 14.4 Å². The highest BCUT2D eigenvalue weighted by molar-refractivity contribution is 6.06. The van der Waals surface area contributed by atoms with E-state index >= 15 is 0 Å². The van der Waals surface area contributed by atoms with E-state index in [9.17, 15) is 19.5 Å². The zero-order valence-corrected chi connectivity index (χ0v) is 25.3. The van der Waals surface area contributed by atoms with Crippen LogP contribution in [0.1, 0.15) is 38.0 Å². The molecule has 6 aromatic rings. The molecule has 47 heavy (non-hydrogen) atoms. The molecule has 1 unspecified atom stereocenters. The summed E-state index contributed by atoms with van der Waals surface area (Å²) in [6.07, 6.45) is -6.86. The van der Waals surface area contributed by atoms with Gasteiger partial charge < -0.3 is 24.1 Å². The van der Waals surface area contributed by atoms with E-state index in [1.807, 2.05) is 72.8 Å². The van der Waals surface area contributed by atoms with E-state index < -0.39 is 48.6 Å². The van der Waals surface area contributed by atoms with Crippen LogP contribution in [0.3, 0.4) is 0 Å². The third kappa shape index (κ3) is 5.80. The number of rotatable bonds is 6. The average Bonchev–Trinajstić information content (AvgIpc) is 3.10. The van der Waals surface area contributed by atoms with Crippen LogP contribution in [-0.2, 0) is 18.9 Å². The van der Waals surface area contributed by atoms with Crippen LogP contribution < -0.4 is 0 Å². The van der Waals surface area contributed by atoms with Gasteiger partial charge in [0.2, 0.25) is 0 Å². The Morgan fingerprint density at radius 1 is 0.489 bits per heavy atom. The third-order valence-electron chi connectivity index (χ3n) is 8.50. The second kappa shape index (κ2) is 12.7. The minimum atomic E-state index is -1.69. The van der Waals surface area contributed by atoms with Crippen LogP contribution in [0, 0.1) is 0 Å². The second-order valence-electron chi connectivity index (χ2n) is 11.4. The van der Waals surface area contributed by atoms with Gasteiger partial charge in [-0.3, -0.25) is 0 Å². The van der Waals surface area contributed by atoms with E-state index in [1.54, 1.807) is 61.5 Å². The quantitative estimate of drug-likeness (QED) is 0.158. The topological polar surface area (TPSA) is 108 Å². The first-order valence-electron chi connectivity index (χ1n) is 15.3. The van der Waals surface area contributed by atoms with Crippen molar-refractivity contribution in [1.29, 1.82) is 0 Å². The molecule has 1 fully saturated rings. The van der Waals surface area contributed by atoms with Crippen molar-refractivity contribution in [3.63, 3.8) is 0 Å². The van der Waals surface area contributed by atoms with Gasteiger partial charge in [-0.2, -0.15) is 0 Å². The molecule has 0 amide bonds. The molecule has 8 nitrogen and oxygen atoms in total. The van der Waals surface area contributed by atoms with Gasteiger partial charge in [0.1, 0.15) is 0 Å². The Balaban J connectivity index is 1.26. The molecule has 1 heterocycles. The van der Waals surface area contributed by atoms with Crippen LogP contribution in [0.4, 0.5) is 0 Å². The minimum absolute atomic E-state index is 0.248. The van der Waals surface area contributed by atoms with Gasteiger partial charge >= 0.3 is 17.9 Å². The average molecular weight is 627 g/mol. The van der Waals surface area contributed by atoms with Crippen molar-refractivity contribution < 1.29 is 38.4 Å². The Hall–Kier alpha value is -5.57. The summed E-state index contributed by atoms with van der Waals surface area (Å²) >= 11 is 0. The molecule has 0 radical (unpaired) electrons. The number of aliphatic hydroxyl groups excluding tert-OH is 1. The molecule has 0 aromatic heterocycles. The summed E-state index contributed by atoms with van der Waals surface area (Å²) in [7, 11) is 0. The van der Waals surface area contributed by atoms with Crippen LogP contribution in [0.5, 0.6) is 0 Å². The van der Waals surface area contributed by atoms with E-state index in [4.69, 9.17) is 18.9 Å². The summed E-state index contributed by atoms with van der Waals surface area (Å²) < 4.78 is 23.7. The minimum Gasteiger partial charge on any atom is -0.452 e. The van der Waals surface area contributed by atoms with Crippen molar-refractivity contribution in [3.05, 3.63) is 144 Å². The zero-order chi connectivity index (χ0) is 32.5. The molecule has 1 aliphatic heterocycles. The SMILES string of the molecule is C[C@H]1OC(O)[C@@H](OC(=O)c2cccc3ccccc23)[C@@H](OC(=O)c2cccc3ccccc23)[C@@H]1OC(=O)c1cccc2ccccc12. The van der Waals surface area contributed by atoms with Crippen LogP contribution >= 0.6 is 0 Å². The molecule has 6 aromatic carbocycles. The van der Waals surface area contributed by atoms with Crippen LogP contribution in [0.25, 0.3) is 32.3 Å². The van der Waals surface area contributed by atoms with E-state index in [2.05, 4.69) is 0 Å². The highest BCUT2D eigenvalue weighted by atomic mass is 16.7. The van der Waals surface area contributed by atoms with Gasteiger partial charge in [0.25, 0.3) is 0 Å². The standard InChI is InChI=1S/C39H30O8/c1-23-33(45-36(40)30-20-8-14-24-11-2-5-17-27(24)30)34(46-37(41)31-21-9-15-25-12-3-6-18-28(25)31)35(39(43)44-23)47-38(42)32-22-10-16-26-13-4-7-19-29(26)32/h2-23,33-35,39,43H,1H3/t23-,33-,34+,35+,39?/m1/s1. The molecule has 8 heteroatoms. The van der Waals surface area contributed by atoms with E-state index in [0.717, 1.165) is 16.2 Å². The van der Waals surface area contributed by atoms with Gasteiger partial charge in [-0.15, -0.1) is 0 Å². The van der Waals surface area contributed by atoms with Gasteiger partial charge in [0, 0.05) is 0 Å². The summed E-state index contributed by atoms with van der Waals surface area (Å²) in [6.45, 7) is 1.59. The normalized spacial score (nSPS) is 20.9. The lowest BCUT2D eigenvalue weighted by atomic mass is 9.97. The Morgan fingerprint density at radius 3 is 1.26 bits per heavy atom. The Morgan fingerprint density at radius 2 is 0.830 bits per heavy atom. The molecule has 1 saturated heterocycles. The molecule has 0 saturated carbocycles. The number of benzene rings is 6. The van der Waals surface area contributed by atoms with Crippen molar-refractivity contribution in [2.24, 2.45) is 0 Å². The van der Waals surface area contributed by atoms with Gasteiger partial charge in [0.15, 0.2) is 24.6 Å². The fourth-order valence-corrected chi connectivity index (χ4v) is 6.18. The highest BCUT2D eigenvalue weighted by Crippen LogP contribution is 2.32. The fourth-order valence-electron chi connectivity index (χ4n) is 6.18. The first kappa shape index (κ1) is 30.1. The van der Waals surface area contributed by atoms with Gasteiger partial charge in [-0.1, -0.05) is 109 Å². The number of aliphatic hydroxyl groups is 1. The summed E-state index contributed by atoms with van der Waals surface area (Å²) in [5.41, 5.74) is 0.803.